The van der Waals surface area contributed by atoms with Crippen molar-refractivity contribution in [3.63, 3.8) is 0 Å². The summed E-state index contributed by atoms with van der Waals surface area (Å²) in [6.45, 7) is 6.17. The molecule has 0 aliphatic carbocycles. The highest BCUT2D eigenvalue weighted by molar-refractivity contribution is 7.91. The number of hydrogen-bond acceptors (Lipinski definition) is 8. The molecular formula is C31H41NO7S. The molecule has 0 spiro atoms. The maximum absolute atomic E-state index is 13.6. The van der Waals surface area contributed by atoms with Gasteiger partial charge in [-0.3, -0.25) is 0 Å². The van der Waals surface area contributed by atoms with Gasteiger partial charge in [-0.05, 0) is 73.8 Å². The van der Waals surface area contributed by atoms with Crippen LogP contribution < -0.4 is 23.7 Å². The molecule has 0 amide bonds. The van der Waals surface area contributed by atoms with E-state index >= 15 is 0 Å². The second kappa shape index (κ2) is 14.3. The number of benzene rings is 3. The van der Waals surface area contributed by atoms with Crippen molar-refractivity contribution in [3.8, 4) is 28.7 Å². The van der Waals surface area contributed by atoms with E-state index in [9.17, 15) is 8.42 Å². The number of likely N-dealkylation sites (N-methyl/N-ethyl adjacent to an activating group) is 1. The van der Waals surface area contributed by atoms with Crippen LogP contribution in [0.1, 0.15) is 37.3 Å². The standard InChI is InChI=1S/C31H41NO7S/c1-22(2)31-29(38-7)20-25(35-4)21-30(31)40(33,34)26-12-10-24(11-13-26)39-18-8-16-32(3)17-15-23-9-14-27(36-5)28(19-23)37-6/h9-14,19-22H,8,15-18H2,1-7H3. The van der Waals surface area contributed by atoms with Gasteiger partial charge in [-0.25, -0.2) is 8.42 Å². The lowest BCUT2D eigenvalue weighted by molar-refractivity contribution is 0.264. The average Bonchev–Trinajstić information content (AvgIpc) is 2.97. The predicted molar refractivity (Wildman–Crippen MR) is 156 cm³/mol. The molecule has 0 atom stereocenters. The first-order valence-corrected chi connectivity index (χ1v) is 14.8. The van der Waals surface area contributed by atoms with Crippen LogP contribution in [0.4, 0.5) is 0 Å². The zero-order valence-corrected chi connectivity index (χ0v) is 25.3. The lowest BCUT2D eigenvalue weighted by Crippen LogP contribution is -2.23. The van der Waals surface area contributed by atoms with E-state index in [0.29, 0.717) is 29.4 Å². The third kappa shape index (κ3) is 7.61. The minimum absolute atomic E-state index is 0.0644. The van der Waals surface area contributed by atoms with Gasteiger partial charge < -0.3 is 28.6 Å². The Morgan fingerprint density at radius 1 is 0.750 bits per heavy atom. The summed E-state index contributed by atoms with van der Waals surface area (Å²) in [5.74, 6) is 2.93. The Bertz CT molecular complexity index is 1350. The largest absolute Gasteiger partial charge is 0.497 e. The molecule has 0 saturated heterocycles. The first-order chi connectivity index (χ1) is 19.1. The van der Waals surface area contributed by atoms with Crippen molar-refractivity contribution in [2.45, 2.75) is 42.4 Å². The molecule has 0 radical (unpaired) electrons. The summed E-state index contributed by atoms with van der Waals surface area (Å²) in [4.78, 5) is 2.63. The molecule has 0 bridgehead atoms. The lowest BCUT2D eigenvalue weighted by Gasteiger charge is -2.19. The second-order valence-corrected chi connectivity index (χ2v) is 11.7. The molecule has 3 aromatic rings. The van der Waals surface area contributed by atoms with E-state index < -0.39 is 9.84 Å². The number of nitrogens with zero attached hydrogens (tertiary/aromatic N) is 1. The van der Waals surface area contributed by atoms with Gasteiger partial charge in [0.25, 0.3) is 0 Å². The highest BCUT2D eigenvalue weighted by Crippen LogP contribution is 2.39. The minimum atomic E-state index is -3.81. The molecule has 0 heterocycles. The summed E-state index contributed by atoms with van der Waals surface area (Å²) < 4.78 is 54.6. The van der Waals surface area contributed by atoms with Gasteiger partial charge >= 0.3 is 0 Å². The van der Waals surface area contributed by atoms with Gasteiger partial charge in [0.15, 0.2) is 11.5 Å². The van der Waals surface area contributed by atoms with Crippen molar-refractivity contribution in [1.29, 1.82) is 0 Å². The fraction of sp³-hybridized carbons (Fsp3) is 0.419. The van der Waals surface area contributed by atoms with Crippen molar-refractivity contribution in [2.75, 3.05) is 55.2 Å². The highest BCUT2D eigenvalue weighted by Gasteiger charge is 2.27. The molecule has 0 N–H and O–H groups in total. The molecule has 0 saturated carbocycles. The van der Waals surface area contributed by atoms with Gasteiger partial charge in [0.05, 0.1) is 44.8 Å². The van der Waals surface area contributed by atoms with Crippen molar-refractivity contribution in [1.82, 2.24) is 4.90 Å². The molecule has 8 nitrogen and oxygen atoms in total. The van der Waals surface area contributed by atoms with Crippen molar-refractivity contribution in [2.24, 2.45) is 0 Å². The van der Waals surface area contributed by atoms with Crippen molar-refractivity contribution >= 4 is 9.84 Å². The van der Waals surface area contributed by atoms with Gasteiger partial charge in [-0.15, -0.1) is 0 Å². The maximum Gasteiger partial charge on any atom is 0.207 e. The van der Waals surface area contributed by atoms with Crippen LogP contribution >= 0.6 is 0 Å². The van der Waals surface area contributed by atoms with E-state index in [1.165, 1.54) is 19.8 Å². The van der Waals surface area contributed by atoms with Crippen molar-refractivity contribution < 1.29 is 32.1 Å². The van der Waals surface area contributed by atoms with Crippen LogP contribution in [-0.2, 0) is 16.3 Å². The monoisotopic (exact) mass is 571 g/mol. The van der Waals surface area contributed by atoms with Gasteiger partial charge in [0.2, 0.25) is 9.84 Å². The van der Waals surface area contributed by atoms with E-state index in [1.54, 1.807) is 50.6 Å². The zero-order chi connectivity index (χ0) is 29.3. The molecule has 0 aliphatic rings. The van der Waals surface area contributed by atoms with Gasteiger partial charge in [0, 0.05) is 24.7 Å². The number of hydrogen-bond donors (Lipinski definition) is 0. The molecule has 0 unspecified atom stereocenters. The number of methoxy groups -OCH3 is 4. The summed E-state index contributed by atoms with van der Waals surface area (Å²) in [6.07, 6.45) is 1.73. The first-order valence-electron chi connectivity index (χ1n) is 13.3. The Balaban J connectivity index is 1.56. The Kier molecular flexibility index (Phi) is 11.1. The Hall–Kier alpha value is -3.43. The highest BCUT2D eigenvalue weighted by atomic mass is 32.2. The molecule has 40 heavy (non-hydrogen) atoms. The normalized spacial score (nSPS) is 11.5. The molecular weight excluding hydrogens is 530 g/mol. The van der Waals surface area contributed by atoms with E-state index in [1.807, 2.05) is 26.0 Å². The number of rotatable bonds is 15. The molecule has 3 rings (SSSR count). The van der Waals surface area contributed by atoms with Crippen LogP contribution in [0.15, 0.2) is 64.4 Å². The van der Waals surface area contributed by atoms with Crippen LogP contribution in [0.5, 0.6) is 28.7 Å². The quantitative estimate of drug-likeness (QED) is 0.217. The van der Waals surface area contributed by atoms with Crippen molar-refractivity contribution in [3.05, 3.63) is 65.7 Å². The summed E-state index contributed by atoms with van der Waals surface area (Å²) in [5, 5.41) is 0. The fourth-order valence-corrected chi connectivity index (χ4v) is 6.13. The second-order valence-electron chi connectivity index (χ2n) is 9.82. The lowest BCUT2D eigenvalue weighted by atomic mass is 10.0. The van der Waals surface area contributed by atoms with E-state index in [4.69, 9.17) is 23.7 Å². The van der Waals surface area contributed by atoms with E-state index in [-0.39, 0.29) is 15.7 Å². The van der Waals surface area contributed by atoms with Crippen LogP contribution in [0.2, 0.25) is 0 Å². The number of sulfone groups is 1. The first kappa shape index (κ1) is 31.1. The minimum Gasteiger partial charge on any atom is -0.497 e. The summed E-state index contributed by atoms with van der Waals surface area (Å²) in [5.41, 5.74) is 1.81. The smallest absolute Gasteiger partial charge is 0.207 e. The van der Waals surface area contributed by atoms with Gasteiger partial charge in [-0.1, -0.05) is 19.9 Å². The van der Waals surface area contributed by atoms with Crippen LogP contribution in [0.3, 0.4) is 0 Å². The maximum atomic E-state index is 13.6. The molecule has 3 aromatic carbocycles. The molecule has 0 fully saturated rings. The van der Waals surface area contributed by atoms with Crippen LogP contribution in [-0.4, -0.2) is 68.5 Å². The summed E-state index contributed by atoms with van der Waals surface area (Å²) >= 11 is 0. The third-order valence-electron chi connectivity index (χ3n) is 6.72. The topological polar surface area (TPSA) is 83.5 Å². The molecule has 218 valence electrons. The Morgan fingerprint density at radius 3 is 2.02 bits per heavy atom. The molecule has 0 aromatic heterocycles. The van der Waals surface area contributed by atoms with Gasteiger partial charge in [-0.2, -0.15) is 0 Å². The molecule has 0 aliphatic heterocycles. The summed E-state index contributed by atoms with van der Waals surface area (Å²) in [6, 6.07) is 15.8. The summed E-state index contributed by atoms with van der Waals surface area (Å²) in [7, 11) is 4.58. The predicted octanol–water partition coefficient (Wildman–Crippen LogP) is 5.62. The van der Waals surface area contributed by atoms with Crippen LogP contribution in [0.25, 0.3) is 0 Å². The van der Waals surface area contributed by atoms with Gasteiger partial charge in [0.1, 0.15) is 17.2 Å². The third-order valence-corrected chi connectivity index (χ3v) is 8.53. The van der Waals surface area contributed by atoms with E-state index in [0.717, 1.165) is 37.4 Å². The fourth-order valence-electron chi connectivity index (χ4n) is 4.49. The Labute approximate surface area is 238 Å². The number of ether oxygens (including phenoxy) is 5. The van der Waals surface area contributed by atoms with E-state index in [2.05, 4.69) is 18.0 Å². The Morgan fingerprint density at radius 2 is 1.43 bits per heavy atom. The zero-order valence-electron chi connectivity index (χ0n) is 24.5. The average molecular weight is 572 g/mol. The SMILES string of the molecule is COc1cc(OC)c(C(C)C)c(S(=O)(=O)c2ccc(OCCCN(C)CCc3ccc(OC)c(OC)c3)cc2)c1. The van der Waals surface area contributed by atoms with Crippen LogP contribution in [0, 0.1) is 0 Å². The molecule has 9 heteroatoms.